The molecule has 3 fully saturated rings. The summed E-state index contributed by atoms with van der Waals surface area (Å²) in [5.74, 6) is 3.62. The van der Waals surface area contributed by atoms with Crippen LogP contribution in [0.5, 0.6) is 0 Å². The largest absolute Gasteiger partial charge is 0.394 e. The molecular weight excluding hydrogens is 444 g/mol. The maximum absolute atomic E-state index is 12.7. The number of benzene rings is 1. The number of hydrogen-bond acceptors (Lipinski definition) is 6. The van der Waals surface area contributed by atoms with Crippen LogP contribution < -0.4 is 15.1 Å². The number of aryl methyl sites for hydroxylation is 1. The number of anilines is 3. The second kappa shape index (κ2) is 7.89. The van der Waals surface area contributed by atoms with E-state index in [0.29, 0.717) is 17.6 Å². The van der Waals surface area contributed by atoms with E-state index in [1.165, 1.54) is 5.69 Å². The van der Waals surface area contributed by atoms with Crippen molar-refractivity contribution >= 4 is 39.7 Å². The molecule has 0 spiro atoms. The highest BCUT2D eigenvalue weighted by Crippen LogP contribution is 2.41. The zero-order valence-corrected chi connectivity index (χ0v) is 19.7. The standard InChI is InChI=1S/C24H29ClN4O2S/c25-19-2-4-20(5-3-19)28-11-17-13-29(14-18(17)12-28)21-10-16-6-9-32(31)22(16)23(26-21)27-24(15-30)7-1-8-24/h2-5,10,17-18,30H,1,6-9,11-15H2,(H,26,27)/t17?,18?,32-/m0/s1. The van der Waals surface area contributed by atoms with Crippen LogP contribution in [0.1, 0.15) is 24.8 Å². The molecule has 4 heterocycles. The van der Waals surface area contributed by atoms with E-state index >= 15 is 0 Å². The Bertz CT molecular complexity index is 1040. The number of halogens is 1. The van der Waals surface area contributed by atoms with E-state index in [4.69, 9.17) is 16.6 Å². The second-order valence-electron chi connectivity index (χ2n) is 9.84. The Balaban J connectivity index is 1.22. The van der Waals surface area contributed by atoms with Crippen LogP contribution >= 0.6 is 11.6 Å². The van der Waals surface area contributed by atoms with Crippen LogP contribution in [0.4, 0.5) is 17.3 Å². The molecule has 8 heteroatoms. The van der Waals surface area contributed by atoms with E-state index in [2.05, 4.69) is 33.3 Å². The minimum Gasteiger partial charge on any atom is -0.394 e. The third kappa shape index (κ3) is 3.49. The fourth-order valence-corrected chi connectivity index (χ4v) is 7.28. The smallest absolute Gasteiger partial charge is 0.145 e. The lowest BCUT2D eigenvalue weighted by molar-refractivity contribution is 0.143. The van der Waals surface area contributed by atoms with Crippen molar-refractivity contribution in [1.82, 2.24) is 4.98 Å². The summed E-state index contributed by atoms with van der Waals surface area (Å²) >= 11 is 6.06. The van der Waals surface area contributed by atoms with E-state index in [0.717, 1.165) is 79.0 Å². The number of nitrogens with zero attached hydrogens (tertiary/aromatic N) is 3. The van der Waals surface area contributed by atoms with Crippen LogP contribution in [0, 0.1) is 11.8 Å². The lowest BCUT2D eigenvalue weighted by Gasteiger charge is -2.41. The summed E-state index contributed by atoms with van der Waals surface area (Å²) in [5, 5.41) is 14.2. The molecule has 2 saturated heterocycles. The topological polar surface area (TPSA) is 68.7 Å². The van der Waals surface area contributed by atoms with Gasteiger partial charge in [0.15, 0.2) is 0 Å². The molecular formula is C24H29ClN4O2S. The Morgan fingerprint density at radius 2 is 1.81 bits per heavy atom. The van der Waals surface area contributed by atoms with Crippen LogP contribution in [0.3, 0.4) is 0 Å². The quantitative estimate of drug-likeness (QED) is 0.696. The molecule has 1 aliphatic carbocycles. The van der Waals surface area contributed by atoms with Gasteiger partial charge in [0.25, 0.3) is 0 Å². The Morgan fingerprint density at radius 3 is 2.44 bits per heavy atom. The van der Waals surface area contributed by atoms with Crippen LogP contribution in [0.25, 0.3) is 0 Å². The summed E-state index contributed by atoms with van der Waals surface area (Å²) < 4.78 is 12.7. The molecule has 3 atom stereocenters. The van der Waals surface area contributed by atoms with E-state index in [9.17, 15) is 9.32 Å². The van der Waals surface area contributed by atoms with Gasteiger partial charge in [0.2, 0.25) is 0 Å². The average molecular weight is 473 g/mol. The van der Waals surface area contributed by atoms with Crippen molar-refractivity contribution < 1.29 is 9.32 Å². The highest BCUT2D eigenvalue weighted by Gasteiger charge is 2.42. The van der Waals surface area contributed by atoms with Gasteiger partial charge in [-0.25, -0.2) is 4.98 Å². The molecule has 6 rings (SSSR count). The number of hydrogen-bond donors (Lipinski definition) is 2. The fraction of sp³-hybridized carbons (Fsp3) is 0.542. The molecule has 2 aromatic rings. The monoisotopic (exact) mass is 472 g/mol. The maximum Gasteiger partial charge on any atom is 0.145 e. The Morgan fingerprint density at radius 1 is 1.12 bits per heavy atom. The van der Waals surface area contributed by atoms with Gasteiger partial charge >= 0.3 is 0 Å². The highest BCUT2D eigenvalue weighted by molar-refractivity contribution is 7.85. The van der Waals surface area contributed by atoms with Gasteiger partial charge in [0.1, 0.15) is 11.6 Å². The van der Waals surface area contributed by atoms with E-state index in [1.807, 2.05) is 12.1 Å². The summed E-state index contributed by atoms with van der Waals surface area (Å²) in [7, 11) is -1.01. The van der Waals surface area contributed by atoms with Crippen LogP contribution in [0.15, 0.2) is 35.2 Å². The first-order chi connectivity index (χ1) is 15.5. The van der Waals surface area contributed by atoms with Crippen LogP contribution in [-0.4, -0.2) is 58.4 Å². The van der Waals surface area contributed by atoms with Gasteiger partial charge in [0.05, 0.1) is 27.8 Å². The van der Waals surface area contributed by atoms with Gasteiger partial charge in [0, 0.05) is 54.5 Å². The third-order valence-corrected chi connectivity index (χ3v) is 9.56. The van der Waals surface area contributed by atoms with E-state index in [-0.39, 0.29) is 12.1 Å². The van der Waals surface area contributed by atoms with Crippen molar-refractivity contribution in [3.63, 3.8) is 0 Å². The second-order valence-corrected chi connectivity index (χ2v) is 11.8. The zero-order valence-electron chi connectivity index (χ0n) is 18.1. The molecule has 0 bridgehead atoms. The average Bonchev–Trinajstić information content (AvgIpc) is 3.44. The van der Waals surface area contributed by atoms with Gasteiger partial charge in [-0.3, -0.25) is 4.21 Å². The number of aliphatic hydroxyl groups excluding tert-OH is 1. The zero-order chi connectivity index (χ0) is 21.9. The van der Waals surface area contributed by atoms with Crippen molar-refractivity contribution in [2.75, 3.05) is 53.7 Å². The lowest BCUT2D eigenvalue weighted by Crippen LogP contribution is -2.48. The molecule has 2 N–H and O–H groups in total. The normalized spacial score (nSPS) is 27.9. The Labute approximate surface area is 196 Å². The number of aliphatic hydroxyl groups is 1. The SMILES string of the molecule is O=[S@]1CCc2cc(N3CC4CN(c5ccc(Cl)cc5)CC4C3)nc(NC3(CO)CCC3)c21. The first kappa shape index (κ1) is 20.8. The van der Waals surface area contributed by atoms with Gasteiger partial charge in [-0.2, -0.15) is 0 Å². The molecule has 1 aromatic heterocycles. The van der Waals surface area contributed by atoms with Gasteiger partial charge in [-0.05, 0) is 61.6 Å². The number of aromatic nitrogens is 1. The van der Waals surface area contributed by atoms with Crippen molar-refractivity contribution in [1.29, 1.82) is 0 Å². The summed E-state index contributed by atoms with van der Waals surface area (Å²) in [5.41, 5.74) is 2.10. The summed E-state index contributed by atoms with van der Waals surface area (Å²) in [6.07, 6.45) is 3.82. The fourth-order valence-electron chi connectivity index (χ4n) is 5.78. The first-order valence-electron chi connectivity index (χ1n) is 11.6. The summed E-state index contributed by atoms with van der Waals surface area (Å²) in [6, 6.07) is 10.3. The lowest BCUT2D eigenvalue weighted by atomic mass is 9.77. The van der Waals surface area contributed by atoms with Crippen molar-refractivity contribution in [2.24, 2.45) is 11.8 Å². The Kier molecular flexibility index (Phi) is 5.12. The van der Waals surface area contributed by atoms with Crippen LogP contribution in [-0.2, 0) is 17.2 Å². The maximum atomic E-state index is 12.7. The summed E-state index contributed by atoms with van der Waals surface area (Å²) in [6.45, 7) is 4.18. The Hall–Kier alpha value is -1.83. The van der Waals surface area contributed by atoms with Crippen molar-refractivity contribution in [2.45, 2.75) is 36.1 Å². The minimum atomic E-state index is -1.01. The third-order valence-electron chi connectivity index (χ3n) is 7.82. The van der Waals surface area contributed by atoms with E-state index in [1.54, 1.807) is 0 Å². The number of pyridine rings is 1. The highest BCUT2D eigenvalue weighted by atomic mass is 35.5. The molecule has 170 valence electrons. The first-order valence-corrected chi connectivity index (χ1v) is 13.3. The van der Waals surface area contributed by atoms with Crippen molar-refractivity contribution in [3.05, 3.63) is 40.9 Å². The van der Waals surface area contributed by atoms with E-state index < -0.39 is 10.8 Å². The van der Waals surface area contributed by atoms with Crippen LogP contribution in [0.2, 0.25) is 5.02 Å². The molecule has 4 aliphatic rings. The van der Waals surface area contributed by atoms with Gasteiger partial charge in [-0.15, -0.1) is 0 Å². The molecule has 3 aliphatic heterocycles. The summed E-state index contributed by atoms with van der Waals surface area (Å²) in [4.78, 5) is 10.7. The molecule has 1 saturated carbocycles. The predicted molar refractivity (Wildman–Crippen MR) is 129 cm³/mol. The van der Waals surface area contributed by atoms with Crippen molar-refractivity contribution in [3.8, 4) is 0 Å². The molecule has 0 radical (unpaired) electrons. The number of nitrogens with one attached hydrogen (secondary N) is 1. The molecule has 1 aromatic carbocycles. The minimum absolute atomic E-state index is 0.0920. The molecule has 2 unspecified atom stereocenters. The van der Waals surface area contributed by atoms with Gasteiger partial charge < -0.3 is 20.2 Å². The molecule has 32 heavy (non-hydrogen) atoms. The predicted octanol–water partition coefficient (Wildman–Crippen LogP) is 3.30. The number of fused-ring (bicyclic) bond motifs is 2. The van der Waals surface area contributed by atoms with Gasteiger partial charge in [-0.1, -0.05) is 11.6 Å². The molecule has 6 nitrogen and oxygen atoms in total. The number of rotatable bonds is 5. The molecule has 0 amide bonds.